The van der Waals surface area contributed by atoms with Crippen molar-refractivity contribution in [3.05, 3.63) is 51.8 Å². The second kappa shape index (κ2) is 8.93. The van der Waals surface area contributed by atoms with Crippen molar-refractivity contribution in [3.63, 3.8) is 0 Å². The van der Waals surface area contributed by atoms with Crippen LogP contribution in [-0.4, -0.2) is 34.4 Å². The molecule has 0 aliphatic carbocycles. The quantitative estimate of drug-likeness (QED) is 0.562. The Morgan fingerprint density at radius 1 is 1.33 bits per heavy atom. The minimum atomic E-state index is -0.380. The highest BCUT2D eigenvalue weighted by atomic mass is 79.9. The molecule has 1 aliphatic heterocycles. The van der Waals surface area contributed by atoms with Gasteiger partial charge in [-0.15, -0.1) is 0 Å². The van der Waals surface area contributed by atoms with E-state index in [1.165, 1.54) is 12.3 Å². The molecule has 8 heteroatoms. The van der Waals surface area contributed by atoms with Gasteiger partial charge in [-0.1, -0.05) is 23.7 Å². The maximum atomic E-state index is 13.8. The van der Waals surface area contributed by atoms with Crippen LogP contribution < -0.4 is 5.73 Å². The predicted molar refractivity (Wildman–Crippen MR) is 108 cm³/mol. The fourth-order valence-electron chi connectivity index (χ4n) is 2.69. The lowest BCUT2D eigenvalue weighted by atomic mass is 10.1. The number of fused-ring (bicyclic) bond motifs is 1. The summed E-state index contributed by atoms with van der Waals surface area (Å²) >= 11 is 9.55. The Labute approximate surface area is 169 Å². The third-order valence-corrected chi connectivity index (χ3v) is 4.92. The van der Waals surface area contributed by atoms with Crippen LogP contribution in [0.25, 0.3) is 22.2 Å². The number of nitrogens with two attached hydrogens (primary N) is 1. The van der Waals surface area contributed by atoms with Gasteiger partial charge in [-0.3, -0.25) is 0 Å². The van der Waals surface area contributed by atoms with Gasteiger partial charge in [0.1, 0.15) is 17.2 Å². The van der Waals surface area contributed by atoms with Crippen LogP contribution in [0.5, 0.6) is 0 Å². The first kappa shape index (κ1) is 19.9. The van der Waals surface area contributed by atoms with Gasteiger partial charge in [-0.25, -0.2) is 14.4 Å². The average Bonchev–Trinajstić information content (AvgIpc) is 2.65. The Hall–Kier alpha value is -1.80. The molecule has 1 saturated heterocycles. The van der Waals surface area contributed by atoms with Crippen LogP contribution >= 0.6 is 27.5 Å². The summed E-state index contributed by atoms with van der Waals surface area (Å²) in [6.45, 7) is 1.37. The van der Waals surface area contributed by atoms with Crippen LogP contribution in [0, 0.1) is 5.82 Å². The SMILES string of the molecule is Nc1cc(-c2nc3c(F)cccc3cc2Br)c(Cl)cn1.OC1CCCOC1. The number of anilines is 1. The Morgan fingerprint density at radius 3 is 2.81 bits per heavy atom. The summed E-state index contributed by atoms with van der Waals surface area (Å²) in [6.07, 6.45) is 3.20. The molecule has 3 aromatic rings. The molecule has 142 valence electrons. The molecule has 1 aromatic carbocycles. The van der Waals surface area contributed by atoms with E-state index in [2.05, 4.69) is 25.9 Å². The molecular formula is C19H18BrClFN3O2. The Balaban J connectivity index is 0.000000253. The average molecular weight is 455 g/mol. The number of aromatic nitrogens is 2. The van der Waals surface area contributed by atoms with Crippen molar-refractivity contribution in [2.24, 2.45) is 0 Å². The zero-order valence-electron chi connectivity index (χ0n) is 14.3. The smallest absolute Gasteiger partial charge is 0.149 e. The molecule has 27 heavy (non-hydrogen) atoms. The lowest BCUT2D eigenvalue weighted by molar-refractivity contribution is -0.00535. The first-order valence-electron chi connectivity index (χ1n) is 8.37. The third-order valence-electron chi connectivity index (χ3n) is 4.02. The summed E-state index contributed by atoms with van der Waals surface area (Å²) in [5.74, 6) is -0.0545. The third kappa shape index (κ3) is 4.93. The van der Waals surface area contributed by atoms with Gasteiger partial charge in [-0.2, -0.15) is 0 Å². The van der Waals surface area contributed by atoms with E-state index in [1.807, 2.05) is 0 Å². The van der Waals surface area contributed by atoms with Crippen molar-refractivity contribution >= 4 is 44.3 Å². The monoisotopic (exact) mass is 453 g/mol. The number of aliphatic hydroxyl groups is 1. The van der Waals surface area contributed by atoms with Crippen molar-refractivity contribution in [3.8, 4) is 11.3 Å². The molecule has 4 rings (SSSR count). The lowest BCUT2D eigenvalue weighted by Gasteiger charge is -2.15. The summed E-state index contributed by atoms with van der Waals surface area (Å²) in [4.78, 5) is 8.26. The van der Waals surface area contributed by atoms with Crippen molar-refractivity contribution in [1.82, 2.24) is 9.97 Å². The van der Waals surface area contributed by atoms with Crippen LogP contribution in [0.3, 0.4) is 0 Å². The first-order chi connectivity index (χ1) is 13.0. The molecule has 0 bridgehead atoms. The highest BCUT2D eigenvalue weighted by Gasteiger charge is 2.13. The van der Waals surface area contributed by atoms with E-state index in [0.717, 1.165) is 19.4 Å². The normalized spacial score (nSPS) is 16.7. The number of ether oxygens (including phenoxy) is 1. The zero-order valence-corrected chi connectivity index (χ0v) is 16.7. The van der Waals surface area contributed by atoms with Crippen molar-refractivity contribution < 1.29 is 14.2 Å². The topological polar surface area (TPSA) is 81.3 Å². The van der Waals surface area contributed by atoms with E-state index < -0.39 is 0 Å². The molecule has 3 N–H and O–H groups in total. The van der Waals surface area contributed by atoms with Crippen molar-refractivity contribution in [1.29, 1.82) is 0 Å². The fraction of sp³-hybridized carbons (Fsp3) is 0.263. The molecule has 1 atom stereocenters. The van der Waals surface area contributed by atoms with Crippen LogP contribution in [0.2, 0.25) is 5.02 Å². The van der Waals surface area contributed by atoms with Crippen LogP contribution in [0.1, 0.15) is 12.8 Å². The number of hydrogen-bond donors (Lipinski definition) is 2. The molecule has 0 spiro atoms. The molecule has 2 aromatic heterocycles. The molecule has 1 fully saturated rings. The number of hydrogen-bond acceptors (Lipinski definition) is 5. The Bertz CT molecular complexity index is 952. The van der Waals surface area contributed by atoms with Crippen molar-refractivity contribution in [2.75, 3.05) is 18.9 Å². The number of benzene rings is 1. The van der Waals surface area contributed by atoms with Crippen LogP contribution in [0.15, 0.2) is 41.0 Å². The Kier molecular flexibility index (Phi) is 6.59. The first-order valence-corrected chi connectivity index (χ1v) is 9.55. The maximum Gasteiger partial charge on any atom is 0.149 e. The summed E-state index contributed by atoms with van der Waals surface area (Å²) in [7, 11) is 0. The standard InChI is InChI=1S/C14H8BrClFN3.C5H10O2/c15-9-4-7-2-1-3-11(17)13(7)20-14(9)8-5-12(18)19-6-10(8)16;6-5-2-1-3-7-4-5/h1-6H,(H2,18,19);5-6H,1-4H2. The van der Waals surface area contributed by atoms with Gasteiger partial charge in [0.15, 0.2) is 0 Å². The van der Waals surface area contributed by atoms with Gasteiger partial charge < -0.3 is 15.6 Å². The van der Waals surface area contributed by atoms with E-state index in [1.54, 1.807) is 24.3 Å². The van der Waals surface area contributed by atoms with Crippen molar-refractivity contribution in [2.45, 2.75) is 18.9 Å². The van der Waals surface area contributed by atoms with Gasteiger partial charge >= 0.3 is 0 Å². The van der Waals surface area contributed by atoms with Crippen LogP contribution in [-0.2, 0) is 4.74 Å². The van der Waals surface area contributed by atoms with Crippen LogP contribution in [0.4, 0.5) is 10.2 Å². The predicted octanol–water partition coefficient (Wildman–Crippen LogP) is 4.59. The highest BCUT2D eigenvalue weighted by molar-refractivity contribution is 9.10. The number of halogens is 3. The highest BCUT2D eigenvalue weighted by Crippen LogP contribution is 2.34. The molecule has 3 heterocycles. The van der Waals surface area contributed by atoms with Gasteiger partial charge in [0.2, 0.25) is 0 Å². The number of rotatable bonds is 1. The molecule has 1 unspecified atom stereocenters. The second-order valence-electron chi connectivity index (χ2n) is 6.09. The number of nitrogens with zero attached hydrogens (tertiary/aromatic N) is 2. The molecule has 5 nitrogen and oxygen atoms in total. The number of nitrogen functional groups attached to an aromatic ring is 1. The van der Waals surface area contributed by atoms with Gasteiger partial charge in [0, 0.05) is 28.2 Å². The minimum Gasteiger partial charge on any atom is -0.391 e. The van der Waals surface area contributed by atoms with E-state index in [4.69, 9.17) is 27.2 Å². The molecule has 1 aliphatic rings. The summed E-state index contributed by atoms with van der Waals surface area (Å²) in [5.41, 5.74) is 7.10. The summed E-state index contributed by atoms with van der Waals surface area (Å²) in [6, 6.07) is 8.22. The fourth-order valence-corrected chi connectivity index (χ4v) is 3.43. The Morgan fingerprint density at radius 2 is 2.15 bits per heavy atom. The van der Waals surface area contributed by atoms with E-state index in [-0.39, 0.29) is 17.4 Å². The van der Waals surface area contributed by atoms with E-state index >= 15 is 0 Å². The van der Waals surface area contributed by atoms with Gasteiger partial charge in [0.25, 0.3) is 0 Å². The largest absolute Gasteiger partial charge is 0.391 e. The summed E-state index contributed by atoms with van der Waals surface area (Å²) in [5, 5.41) is 9.90. The lowest BCUT2D eigenvalue weighted by Crippen LogP contribution is -2.21. The van der Waals surface area contributed by atoms with Gasteiger partial charge in [-0.05, 0) is 47.0 Å². The zero-order chi connectivity index (χ0) is 19.4. The molecule has 0 radical (unpaired) electrons. The summed E-state index contributed by atoms with van der Waals surface area (Å²) < 4.78 is 19.5. The second-order valence-corrected chi connectivity index (χ2v) is 7.35. The maximum absolute atomic E-state index is 13.8. The van der Waals surface area contributed by atoms with Gasteiger partial charge in [0.05, 0.1) is 23.4 Å². The van der Waals surface area contributed by atoms with E-state index in [9.17, 15) is 4.39 Å². The number of para-hydroxylation sites is 1. The van der Waals surface area contributed by atoms with E-state index in [0.29, 0.717) is 38.6 Å². The molecule has 0 amide bonds. The number of pyridine rings is 2. The molecule has 0 saturated carbocycles. The minimum absolute atomic E-state index is 0.186. The molecular weight excluding hydrogens is 437 g/mol. The number of aliphatic hydroxyl groups excluding tert-OH is 1.